The summed E-state index contributed by atoms with van der Waals surface area (Å²) in [6.45, 7) is 7.89. The van der Waals surface area contributed by atoms with Crippen molar-refractivity contribution in [2.45, 2.75) is 51.6 Å². The van der Waals surface area contributed by atoms with E-state index in [9.17, 15) is 4.79 Å². The van der Waals surface area contributed by atoms with E-state index in [1.54, 1.807) is 0 Å². The zero-order valence-electron chi connectivity index (χ0n) is 11.8. The summed E-state index contributed by atoms with van der Waals surface area (Å²) >= 11 is 0. The third-order valence-electron chi connectivity index (χ3n) is 4.67. The first-order valence-corrected chi connectivity index (χ1v) is 7.39. The lowest BCUT2D eigenvalue weighted by atomic mass is 9.89. The van der Waals surface area contributed by atoms with Gasteiger partial charge in [0.1, 0.15) is 0 Å². The second kappa shape index (κ2) is 6.02. The first kappa shape index (κ1) is 13.8. The minimum Gasteiger partial charge on any atom is -0.341 e. The summed E-state index contributed by atoms with van der Waals surface area (Å²) in [5, 5.41) is 0. The molecule has 0 spiro atoms. The normalized spacial score (nSPS) is 31.6. The molecule has 0 saturated carbocycles. The third kappa shape index (κ3) is 2.69. The molecular formula is C14H27N3O. The molecule has 4 nitrogen and oxygen atoms in total. The number of carbonyl (C=O) groups is 1. The molecule has 0 radical (unpaired) electrons. The molecule has 2 N–H and O–H groups in total. The molecule has 2 aliphatic rings. The molecule has 0 aliphatic carbocycles. The smallest absolute Gasteiger partial charge is 0.239 e. The number of likely N-dealkylation sites (tertiary alicyclic amines) is 2. The van der Waals surface area contributed by atoms with Gasteiger partial charge in [0.2, 0.25) is 5.91 Å². The summed E-state index contributed by atoms with van der Waals surface area (Å²) < 4.78 is 0. The number of hydrogen-bond donors (Lipinski definition) is 1. The van der Waals surface area contributed by atoms with Crippen LogP contribution in [0.15, 0.2) is 0 Å². The van der Waals surface area contributed by atoms with Crippen molar-refractivity contribution in [3.8, 4) is 0 Å². The Morgan fingerprint density at radius 2 is 1.94 bits per heavy atom. The van der Waals surface area contributed by atoms with Crippen LogP contribution in [-0.2, 0) is 4.79 Å². The average Bonchev–Trinajstić information content (AvgIpc) is 2.90. The van der Waals surface area contributed by atoms with E-state index >= 15 is 0 Å². The van der Waals surface area contributed by atoms with Crippen LogP contribution in [-0.4, -0.2) is 54.0 Å². The fourth-order valence-electron chi connectivity index (χ4n) is 3.47. The molecule has 0 aromatic heterocycles. The summed E-state index contributed by atoms with van der Waals surface area (Å²) in [7, 11) is 0. The SMILES string of the molecule is CC1CCCN(C(C)C(=O)N2CCCC2)C1CN. The fraction of sp³-hybridized carbons (Fsp3) is 0.929. The monoisotopic (exact) mass is 253 g/mol. The standard InChI is InChI=1S/C14H27N3O/c1-11-6-5-9-17(13(11)10-15)12(2)14(18)16-7-3-4-8-16/h11-13H,3-10,15H2,1-2H3. The highest BCUT2D eigenvalue weighted by Gasteiger charge is 2.35. The number of piperidine rings is 1. The van der Waals surface area contributed by atoms with Crippen LogP contribution in [0, 0.1) is 5.92 Å². The number of nitrogens with zero attached hydrogens (tertiary/aromatic N) is 2. The minimum absolute atomic E-state index is 0.000556. The molecule has 2 saturated heterocycles. The van der Waals surface area contributed by atoms with E-state index < -0.39 is 0 Å². The van der Waals surface area contributed by atoms with E-state index in [1.165, 1.54) is 12.8 Å². The number of carbonyl (C=O) groups excluding carboxylic acids is 1. The lowest BCUT2D eigenvalue weighted by molar-refractivity contribution is -0.137. The fourth-order valence-corrected chi connectivity index (χ4v) is 3.47. The zero-order chi connectivity index (χ0) is 13.1. The molecule has 2 rings (SSSR count). The van der Waals surface area contributed by atoms with Gasteiger partial charge >= 0.3 is 0 Å². The first-order valence-electron chi connectivity index (χ1n) is 7.39. The van der Waals surface area contributed by atoms with Crippen LogP contribution in [0.2, 0.25) is 0 Å². The van der Waals surface area contributed by atoms with Gasteiger partial charge in [-0.1, -0.05) is 6.92 Å². The average molecular weight is 253 g/mol. The van der Waals surface area contributed by atoms with Crippen molar-refractivity contribution in [3.05, 3.63) is 0 Å². The highest BCUT2D eigenvalue weighted by atomic mass is 16.2. The number of amides is 1. The van der Waals surface area contributed by atoms with Gasteiger partial charge in [-0.25, -0.2) is 0 Å². The van der Waals surface area contributed by atoms with Crippen molar-refractivity contribution < 1.29 is 4.79 Å². The maximum absolute atomic E-state index is 12.5. The van der Waals surface area contributed by atoms with Crippen molar-refractivity contribution in [2.75, 3.05) is 26.2 Å². The highest BCUT2D eigenvalue weighted by Crippen LogP contribution is 2.25. The molecule has 0 aromatic carbocycles. The molecule has 2 aliphatic heterocycles. The predicted molar refractivity (Wildman–Crippen MR) is 73.2 cm³/mol. The van der Waals surface area contributed by atoms with Gasteiger partial charge in [0.15, 0.2) is 0 Å². The summed E-state index contributed by atoms with van der Waals surface area (Å²) in [6.07, 6.45) is 4.75. The Hall–Kier alpha value is -0.610. The van der Waals surface area contributed by atoms with Crippen molar-refractivity contribution in [1.82, 2.24) is 9.80 Å². The molecular weight excluding hydrogens is 226 g/mol. The number of hydrogen-bond acceptors (Lipinski definition) is 3. The van der Waals surface area contributed by atoms with E-state index in [-0.39, 0.29) is 6.04 Å². The van der Waals surface area contributed by atoms with Crippen LogP contribution >= 0.6 is 0 Å². The van der Waals surface area contributed by atoms with Crippen LogP contribution in [0.4, 0.5) is 0 Å². The van der Waals surface area contributed by atoms with Crippen molar-refractivity contribution >= 4 is 5.91 Å². The van der Waals surface area contributed by atoms with E-state index in [1.807, 2.05) is 4.90 Å². The quantitative estimate of drug-likeness (QED) is 0.818. The molecule has 18 heavy (non-hydrogen) atoms. The molecule has 3 unspecified atom stereocenters. The zero-order valence-corrected chi connectivity index (χ0v) is 11.8. The molecule has 0 aromatic rings. The largest absolute Gasteiger partial charge is 0.341 e. The molecule has 104 valence electrons. The lowest BCUT2D eigenvalue weighted by Crippen LogP contribution is -2.56. The van der Waals surface area contributed by atoms with E-state index in [0.29, 0.717) is 24.4 Å². The van der Waals surface area contributed by atoms with Crippen LogP contribution in [0.5, 0.6) is 0 Å². The Labute approximate surface area is 110 Å². The Balaban J connectivity index is 2.01. The molecule has 1 amide bonds. The summed E-state index contributed by atoms with van der Waals surface area (Å²) in [4.78, 5) is 16.8. The van der Waals surface area contributed by atoms with Gasteiger partial charge in [0.05, 0.1) is 6.04 Å². The lowest BCUT2D eigenvalue weighted by Gasteiger charge is -2.43. The second-order valence-electron chi connectivity index (χ2n) is 5.87. The van der Waals surface area contributed by atoms with E-state index in [0.717, 1.165) is 32.5 Å². The minimum atomic E-state index is -0.000556. The van der Waals surface area contributed by atoms with Gasteiger partial charge in [-0.2, -0.15) is 0 Å². The van der Waals surface area contributed by atoms with Gasteiger partial charge in [-0.05, 0) is 45.1 Å². The topological polar surface area (TPSA) is 49.6 Å². The van der Waals surface area contributed by atoms with Crippen LogP contribution in [0.3, 0.4) is 0 Å². The third-order valence-corrected chi connectivity index (χ3v) is 4.67. The Kier molecular flexibility index (Phi) is 4.62. The number of nitrogens with two attached hydrogens (primary N) is 1. The highest BCUT2D eigenvalue weighted by molar-refractivity contribution is 5.81. The molecule has 0 bridgehead atoms. The van der Waals surface area contributed by atoms with Crippen molar-refractivity contribution in [2.24, 2.45) is 11.7 Å². The van der Waals surface area contributed by atoms with E-state index in [2.05, 4.69) is 18.7 Å². The Morgan fingerprint density at radius 1 is 1.28 bits per heavy atom. The van der Waals surface area contributed by atoms with Gasteiger partial charge in [-0.15, -0.1) is 0 Å². The maximum atomic E-state index is 12.5. The van der Waals surface area contributed by atoms with Crippen molar-refractivity contribution in [3.63, 3.8) is 0 Å². The van der Waals surface area contributed by atoms with E-state index in [4.69, 9.17) is 5.73 Å². The predicted octanol–water partition coefficient (Wildman–Crippen LogP) is 1.06. The summed E-state index contributed by atoms with van der Waals surface area (Å²) in [5.74, 6) is 0.914. The second-order valence-corrected chi connectivity index (χ2v) is 5.87. The van der Waals surface area contributed by atoms with Gasteiger partial charge in [-0.3, -0.25) is 9.69 Å². The van der Waals surface area contributed by atoms with Crippen LogP contribution in [0.25, 0.3) is 0 Å². The van der Waals surface area contributed by atoms with Crippen LogP contribution < -0.4 is 5.73 Å². The summed E-state index contributed by atoms with van der Waals surface area (Å²) in [6, 6.07) is 0.375. The van der Waals surface area contributed by atoms with Crippen molar-refractivity contribution in [1.29, 1.82) is 0 Å². The summed E-state index contributed by atoms with van der Waals surface area (Å²) in [5.41, 5.74) is 5.91. The van der Waals surface area contributed by atoms with Gasteiger partial charge < -0.3 is 10.6 Å². The van der Waals surface area contributed by atoms with Gasteiger partial charge in [0, 0.05) is 25.7 Å². The molecule has 2 fully saturated rings. The first-order chi connectivity index (χ1) is 8.65. The Morgan fingerprint density at radius 3 is 2.56 bits per heavy atom. The molecule has 3 atom stereocenters. The molecule has 4 heteroatoms. The van der Waals surface area contributed by atoms with Crippen LogP contribution in [0.1, 0.15) is 39.5 Å². The Bertz CT molecular complexity index is 289. The van der Waals surface area contributed by atoms with Gasteiger partial charge in [0.25, 0.3) is 0 Å². The maximum Gasteiger partial charge on any atom is 0.239 e. The molecule has 2 heterocycles. The number of rotatable bonds is 3.